The van der Waals surface area contributed by atoms with Crippen LogP contribution >= 0.6 is 0 Å². The van der Waals surface area contributed by atoms with Crippen LogP contribution in [0.25, 0.3) is 0 Å². The van der Waals surface area contributed by atoms with E-state index in [0.29, 0.717) is 6.42 Å². The molecule has 0 aliphatic carbocycles. The number of carbonyl (C=O) groups excluding carboxylic acids is 2. The van der Waals surface area contributed by atoms with Crippen LogP contribution in [0.4, 0.5) is 11.4 Å². The first-order valence-electron chi connectivity index (χ1n) is 9.75. The Balaban J connectivity index is 0.000000471. The summed E-state index contributed by atoms with van der Waals surface area (Å²) < 4.78 is 0. The van der Waals surface area contributed by atoms with Gasteiger partial charge in [-0.1, -0.05) is 43.0 Å². The summed E-state index contributed by atoms with van der Waals surface area (Å²) in [5, 5.41) is 3.03. The lowest BCUT2D eigenvalue weighted by Crippen LogP contribution is -2.27. The lowest BCUT2D eigenvalue weighted by Gasteiger charge is -2.19. The monoisotopic (exact) mass is 412 g/mol. The van der Waals surface area contributed by atoms with Crippen LogP contribution in [0.2, 0.25) is 0 Å². The van der Waals surface area contributed by atoms with E-state index >= 15 is 0 Å². The number of amides is 2. The van der Waals surface area contributed by atoms with Crippen molar-refractivity contribution in [3.8, 4) is 0 Å². The molecule has 0 heterocycles. The third kappa shape index (κ3) is 12.2. The summed E-state index contributed by atoms with van der Waals surface area (Å²) >= 11 is 0. The number of rotatable bonds is 6. The highest BCUT2D eigenvalue weighted by molar-refractivity contribution is 5.86. The highest BCUT2D eigenvalue weighted by Crippen LogP contribution is 2.11. The fourth-order valence-corrected chi connectivity index (χ4v) is 2.09. The second-order valence-corrected chi connectivity index (χ2v) is 6.85. The molecule has 0 unspecified atom stereocenters. The van der Waals surface area contributed by atoms with Crippen molar-refractivity contribution in [1.82, 2.24) is 9.80 Å². The maximum atomic E-state index is 11.4. The molecule has 0 aliphatic rings. The summed E-state index contributed by atoms with van der Waals surface area (Å²) in [5.41, 5.74) is 2.30. The average Bonchev–Trinajstić information content (AvgIpc) is 2.78. The second-order valence-electron chi connectivity index (χ2n) is 6.85. The fraction of sp³-hybridized carbons (Fsp3) is 0.333. The Morgan fingerprint density at radius 1 is 0.867 bits per heavy atom. The third-order valence-corrected chi connectivity index (χ3v) is 4.03. The van der Waals surface area contributed by atoms with Crippen molar-refractivity contribution in [3.05, 3.63) is 73.3 Å². The molecule has 2 amide bonds. The largest absolute Gasteiger partial charge is 0.388 e. The summed E-state index contributed by atoms with van der Waals surface area (Å²) in [5.74, 6) is 0.109. The first-order chi connectivity index (χ1) is 14.2. The second kappa shape index (κ2) is 15.6. The molecule has 0 radical (unpaired) electrons. The first-order valence-corrected chi connectivity index (χ1v) is 9.75. The number of carbonyl (C=O) groups is 2. The minimum absolute atomic E-state index is 0.0556. The van der Waals surface area contributed by atoms with Gasteiger partial charge in [-0.05, 0) is 30.3 Å². The van der Waals surface area contributed by atoms with Gasteiger partial charge in [0.2, 0.25) is 11.8 Å². The van der Waals surface area contributed by atoms with E-state index in [1.165, 1.54) is 11.0 Å². The first kappa shape index (κ1) is 26.7. The molecule has 0 atom stereocenters. The van der Waals surface area contributed by atoms with Gasteiger partial charge in [0.1, 0.15) is 0 Å². The quantitative estimate of drug-likeness (QED) is 0.737. The lowest BCUT2D eigenvalue weighted by molar-refractivity contribution is -0.128. The van der Waals surface area contributed by atoms with Gasteiger partial charge in [0.05, 0.1) is 0 Å². The van der Waals surface area contributed by atoms with Crippen LogP contribution in [0.15, 0.2) is 73.3 Å². The Morgan fingerprint density at radius 3 is 1.70 bits per heavy atom. The molecule has 2 rings (SSSR count). The van der Waals surface area contributed by atoms with E-state index in [4.69, 9.17) is 0 Å². The zero-order valence-electron chi connectivity index (χ0n) is 19.1. The van der Waals surface area contributed by atoms with Gasteiger partial charge in [-0.25, -0.2) is 0 Å². The van der Waals surface area contributed by atoms with Crippen molar-refractivity contribution < 1.29 is 9.59 Å². The standard InChI is InChI=1S/C12H18N2O.C7H9N.C5H9NO/c1-13(2)12(15)9-10-14(3)11-7-5-4-6-8-11;1-8-7-5-3-2-4-6-7;1-4-5(7)6(2)3/h4-8H,9-10H2,1-3H3;2-6,8H,1H3;4H,1H2,2-3H3. The maximum absolute atomic E-state index is 11.4. The Labute approximate surface area is 181 Å². The molecule has 0 bridgehead atoms. The van der Waals surface area contributed by atoms with Gasteiger partial charge >= 0.3 is 0 Å². The van der Waals surface area contributed by atoms with Gasteiger partial charge in [0.25, 0.3) is 0 Å². The molecule has 2 aromatic carbocycles. The van der Waals surface area contributed by atoms with E-state index < -0.39 is 0 Å². The van der Waals surface area contributed by atoms with E-state index in [2.05, 4.69) is 16.8 Å². The predicted octanol–water partition coefficient (Wildman–Crippen LogP) is 3.59. The van der Waals surface area contributed by atoms with Crippen LogP contribution in [0.5, 0.6) is 0 Å². The van der Waals surface area contributed by atoms with E-state index in [1.807, 2.05) is 74.8 Å². The molecule has 6 heteroatoms. The van der Waals surface area contributed by atoms with E-state index in [9.17, 15) is 9.59 Å². The van der Waals surface area contributed by atoms with Gasteiger partial charge in [-0.3, -0.25) is 9.59 Å². The normalized spacial score (nSPS) is 9.00. The smallest absolute Gasteiger partial charge is 0.245 e. The van der Waals surface area contributed by atoms with Crippen LogP contribution in [-0.2, 0) is 9.59 Å². The Morgan fingerprint density at radius 2 is 1.37 bits per heavy atom. The number of para-hydroxylation sites is 2. The number of anilines is 2. The Bertz CT molecular complexity index is 731. The molecule has 2 aromatic rings. The van der Waals surface area contributed by atoms with Crippen molar-refractivity contribution in [3.63, 3.8) is 0 Å². The van der Waals surface area contributed by atoms with Crippen LogP contribution in [0, 0.1) is 0 Å². The Kier molecular flexibility index (Phi) is 13.9. The lowest BCUT2D eigenvalue weighted by atomic mass is 10.3. The predicted molar refractivity (Wildman–Crippen MR) is 128 cm³/mol. The van der Waals surface area contributed by atoms with Gasteiger partial charge < -0.3 is 20.0 Å². The third-order valence-electron chi connectivity index (χ3n) is 4.03. The van der Waals surface area contributed by atoms with E-state index in [-0.39, 0.29) is 11.8 Å². The highest BCUT2D eigenvalue weighted by Gasteiger charge is 2.06. The number of hydrogen-bond acceptors (Lipinski definition) is 4. The molecule has 6 nitrogen and oxygen atoms in total. The molecule has 0 saturated heterocycles. The van der Waals surface area contributed by atoms with Crippen molar-refractivity contribution in [2.24, 2.45) is 0 Å². The molecule has 0 spiro atoms. The summed E-state index contributed by atoms with van der Waals surface area (Å²) in [4.78, 5) is 26.9. The van der Waals surface area contributed by atoms with Crippen LogP contribution in [0.3, 0.4) is 0 Å². The van der Waals surface area contributed by atoms with Crippen molar-refractivity contribution in [2.75, 3.05) is 59.0 Å². The minimum Gasteiger partial charge on any atom is -0.388 e. The summed E-state index contributed by atoms with van der Waals surface area (Å²) in [7, 11) is 10.8. The summed E-state index contributed by atoms with van der Waals surface area (Å²) in [6.45, 7) is 4.04. The van der Waals surface area contributed by atoms with Crippen LogP contribution in [0.1, 0.15) is 6.42 Å². The zero-order chi connectivity index (χ0) is 22.9. The van der Waals surface area contributed by atoms with E-state index in [1.54, 1.807) is 33.1 Å². The molecule has 0 aromatic heterocycles. The Hall–Kier alpha value is -3.28. The number of nitrogens with zero attached hydrogens (tertiary/aromatic N) is 3. The number of nitrogens with one attached hydrogen (secondary N) is 1. The fourth-order valence-electron chi connectivity index (χ4n) is 2.09. The van der Waals surface area contributed by atoms with Gasteiger partial charge in [0, 0.05) is 66.6 Å². The molecular formula is C24H36N4O2. The van der Waals surface area contributed by atoms with Crippen molar-refractivity contribution in [1.29, 1.82) is 0 Å². The van der Waals surface area contributed by atoms with Crippen LogP contribution < -0.4 is 10.2 Å². The zero-order valence-corrected chi connectivity index (χ0v) is 19.1. The molecule has 0 fully saturated rings. The molecule has 30 heavy (non-hydrogen) atoms. The average molecular weight is 413 g/mol. The van der Waals surface area contributed by atoms with Crippen LogP contribution in [-0.4, -0.2) is 70.4 Å². The number of hydrogen-bond donors (Lipinski definition) is 1. The van der Waals surface area contributed by atoms with Gasteiger partial charge in [-0.15, -0.1) is 0 Å². The summed E-state index contributed by atoms with van der Waals surface area (Å²) in [6.07, 6.45) is 1.83. The topological polar surface area (TPSA) is 55.9 Å². The highest BCUT2D eigenvalue weighted by atomic mass is 16.2. The van der Waals surface area contributed by atoms with Gasteiger partial charge in [0.15, 0.2) is 0 Å². The molecule has 0 saturated carbocycles. The molecular weight excluding hydrogens is 376 g/mol. The summed E-state index contributed by atoms with van der Waals surface area (Å²) in [6, 6.07) is 20.1. The molecule has 164 valence electrons. The minimum atomic E-state index is -0.0556. The van der Waals surface area contributed by atoms with Crippen molar-refractivity contribution >= 4 is 23.2 Å². The van der Waals surface area contributed by atoms with E-state index in [0.717, 1.165) is 17.9 Å². The van der Waals surface area contributed by atoms with Gasteiger partial charge in [-0.2, -0.15) is 0 Å². The van der Waals surface area contributed by atoms with Crippen molar-refractivity contribution in [2.45, 2.75) is 6.42 Å². The maximum Gasteiger partial charge on any atom is 0.245 e. The number of benzene rings is 2. The SMILES string of the molecule is C=CC(=O)N(C)C.CN(C)C(=O)CCN(C)c1ccccc1.CNc1ccccc1. The molecule has 1 N–H and O–H groups in total. The number of likely N-dealkylation sites (N-methyl/N-ethyl adjacent to an activating group) is 1. The molecule has 0 aliphatic heterocycles.